The van der Waals surface area contributed by atoms with Crippen LogP contribution in [0.3, 0.4) is 0 Å². The molecule has 1 heterocycles. The molecule has 0 aliphatic carbocycles. The molecule has 18 heavy (non-hydrogen) atoms. The molecule has 0 atom stereocenters. The minimum absolute atomic E-state index is 0.139. The summed E-state index contributed by atoms with van der Waals surface area (Å²) in [5.41, 5.74) is 0. The van der Waals surface area contributed by atoms with Gasteiger partial charge in [0.15, 0.2) is 8.32 Å². The number of carbonyl (C=O) groups is 1. The van der Waals surface area contributed by atoms with E-state index in [2.05, 4.69) is 33.9 Å². The van der Waals surface area contributed by atoms with Gasteiger partial charge in [-0.2, -0.15) is 0 Å². The van der Waals surface area contributed by atoms with Crippen LogP contribution in [0.15, 0.2) is 0 Å². The fraction of sp³-hybridized carbons (Fsp3) is 0.923. The third-order valence-corrected chi connectivity index (χ3v) is 8.69. The number of carbonyl (C=O) groups excluding carboxylic acids is 1. The largest absolute Gasteiger partial charge is 0.415 e. The van der Waals surface area contributed by atoms with Crippen LogP contribution in [0.4, 0.5) is 4.79 Å². The number of rotatable bonds is 4. The lowest BCUT2D eigenvalue weighted by molar-refractivity contribution is 0.129. The lowest BCUT2D eigenvalue weighted by Gasteiger charge is -2.38. The Bertz CT molecular complexity index is 300. The van der Waals surface area contributed by atoms with Crippen molar-refractivity contribution in [1.29, 1.82) is 0 Å². The number of hydrogen-bond donors (Lipinski definition) is 0. The molecule has 5 heteroatoms. The highest BCUT2D eigenvalue weighted by atomic mass is 28.4. The van der Waals surface area contributed by atoms with Crippen molar-refractivity contribution >= 4 is 14.3 Å². The Labute approximate surface area is 112 Å². The summed E-state index contributed by atoms with van der Waals surface area (Å²) in [6.45, 7) is 14.3. The summed E-state index contributed by atoms with van der Waals surface area (Å²) in [5.74, 6) is 0. The van der Waals surface area contributed by atoms with Gasteiger partial charge in [0, 0.05) is 26.7 Å². The summed E-state index contributed by atoms with van der Waals surface area (Å²) < 4.78 is 6.11. The molecule has 4 nitrogen and oxygen atoms in total. The molecule has 0 aromatic heterocycles. The summed E-state index contributed by atoms with van der Waals surface area (Å²) in [4.78, 5) is 15.6. The van der Waals surface area contributed by atoms with E-state index in [1.165, 1.54) is 0 Å². The van der Waals surface area contributed by atoms with Gasteiger partial charge in [-0.25, -0.2) is 4.79 Å². The summed E-state index contributed by atoms with van der Waals surface area (Å²) in [6.07, 6.45) is 1.06. The zero-order valence-electron chi connectivity index (χ0n) is 12.7. The Morgan fingerprint density at radius 1 is 1.28 bits per heavy atom. The predicted molar refractivity (Wildman–Crippen MR) is 77.4 cm³/mol. The highest BCUT2D eigenvalue weighted by molar-refractivity contribution is 6.74. The Balaban J connectivity index is 2.40. The first kappa shape index (κ1) is 15.5. The number of nitrogens with zero attached hydrogens (tertiary/aromatic N) is 2. The third kappa shape index (κ3) is 3.72. The van der Waals surface area contributed by atoms with E-state index in [0.29, 0.717) is 6.61 Å². The third-order valence-electron chi connectivity index (χ3n) is 4.15. The lowest BCUT2D eigenvalue weighted by atomic mass is 10.2. The van der Waals surface area contributed by atoms with Gasteiger partial charge in [0.05, 0.1) is 6.61 Å². The van der Waals surface area contributed by atoms with Crippen LogP contribution in [-0.2, 0) is 4.43 Å². The first-order chi connectivity index (χ1) is 8.15. The van der Waals surface area contributed by atoms with Gasteiger partial charge in [-0.3, -0.25) is 0 Å². The molecule has 0 aromatic carbocycles. The number of hydrogen-bond acceptors (Lipinski definition) is 2. The van der Waals surface area contributed by atoms with Crippen molar-refractivity contribution < 1.29 is 9.22 Å². The van der Waals surface area contributed by atoms with Gasteiger partial charge in [-0.15, -0.1) is 0 Å². The Morgan fingerprint density at radius 3 is 2.44 bits per heavy atom. The van der Waals surface area contributed by atoms with E-state index >= 15 is 0 Å². The lowest BCUT2D eigenvalue weighted by Crippen LogP contribution is -2.49. The normalized spacial score (nSPS) is 18.4. The van der Waals surface area contributed by atoms with Crippen LogP contribution in [0.1, 0.15) is 27.2 Å². The maximum atomic E-state index is 11.9. The fourth-order valence-electron chi connectivity index (χ4n) is 1.77. The second kappa shape index (κ2) is 5.61. The molecule has 0 radical (unpaired) electrons. The van der Waals surface area contributed by atoms with Gasteiger partial charge >= 0.3 is 6.03 Å². The highest BCUT2D eigenvalue weighted by Crippen LogP contribution is 2.36. The van der Waals surface area contributed by atoms with Gasteiger partial charge in [0.1, 0.15) is 0 Å². The molecule has 0 unspecified atom stereocenters. The molecule has 1 aliphatic rings. The van der Waals surface area contributed by atoms with Gasteiger partial charge in [-0.05, 0) is 24.6 Å². The Morgan fingerprint density at radius 2 is 1.89 bits per heavy atom. The molecular weight excluding hydrogens is 244 g/mol. The van der Waals surface area contributed by atoms with Crippen LogP contribution in [-0.4, -0.2) is 57.4 Å². The molecule has 0 aromatic rings. The van der Waals surface area contributed by atoms with Crippen molar-refractivity contribution in [1.82, 2.24) is 9.80 Å². The highest BCUT2D eigenvalue weighted by Gasteiger charge is 2.37. The van der Waals surface area contributed by atoms with Crippen LogP contribution in [0.2, 0.25) is 18.1 Å². The van der Waals surface area contributed by atoms with Gasteiger partial charge in [-0.1, -0.05) is 20.8 Å². The molecule has 1 aliphatic heterocycles. The first-order valence-corrected chi connectivity index (χ1v) is 9.70. The minimum Gasteiger partial charge on any atom is -0.415 e. The van der Waals surface area contributed by atoms with Crippen LogP contribution < -0.4 is 0 Å². The van der Waals surface area contributed by atoms with E-state index in [0.717, 1.165) is 26.1 Å². The Kier molecular flexibility index (Phi) is 4.83. The number of urea groups is 1. The van der Waals surface area contributed by atoms with Crippen LogP contribution in [0.25, 0.3) is 0 Å². The van der Waals surface area contributed by atoms with E-state index in [9.17, 15) is 4.79 Å². The summed E-state index contributed by atoms with van der Waals surface area (Å²) in [5, 5.41) is 0.232. The maximum absolute atomic E-state index is 11.9. The minimum atomic E-state index is -1.68. The molecule has 106 valence electrons. The standard InChI is InChI=1S/C13H28N2O2Si/c1-13(2,3)18(5,6)17-11-10-15-9-7-8-14(4)12(15)16/h7-11H2,1-6H3. The van der Waals surface area contributed by atoms with E-state index in [-0.39, 0.29) is 11.1 Å². The Hall–Kier alpha value is -0.553. The van der Waals surface area contributed by atoms with E-state index < -0.39 is 8.32 Å². The molecular formula is C13H28N2O2Si. The summed E-state index contributed by atoms with van der Waals surface area (Å²) in [7, 11) is 0.184. The molecule has 0 N–H and O–H groups in total. The van der Waals surface area contributed by atoms with E-state index in [1.807, 2.05) is 11.9 Å². The van der Waals surface area contributed by atoms with E-state index in [4.69, 9.17) is 4.43 Å². The monoisotopic (exact) mass is 272 g/mol. The summed E-state index contributed by atoms with van der Waals surface area (Å²) >= 11 is 0. The van der Waals surface area contributed by atoms with Gasteiger partial charge in [0.25, 0.3) is 0 Å². The quantitative estimate of drug-likeness (QED) is 0.737. The molecule has 2 amide bonds. The second-order valence-corrected chi connectivity index (χ2v) is 11.5. The van der Waals surface area contributed by atoms with Crippen LogP contribution in [0.5, 0.6) is 0 Å². The molecule has 0 bridgehead atoms. The van der Waals surface area contributed by atoms with Crippen molar-refractivity contribution in [3.8, 4) is 0 Å². The maximum Gasteiger partial charge on any atom is 0.319 e. The topological polar surface area (TPSA) is 32.8 Å². The van der Waals surface area contributed by atoms with Crippen molar-refractivity contribution in [2.75, 3.05) is 33.3 Å². The smallest absolute Gasteiger partial charge is 0.319 e. The van der Waals surface area contributed by atoms with Crippen molar-refractivity contribution in [2.45, 2.75) is 45.3 Å². The first-order valence-electron chi connectivity index (χ1n) is 6.79. The van der Waals surface area contributed by atoms with Crippen molar-refractivity contribution in [3.05, 3.63) is 0 Å². The van der Waals surface area contributed by atoms with Crippen molar-refractivity contribution in [3.63, 3.8) is 0 Å². The molecule has 0 spiro atoms. The molecule has 1 rings (SSSR count). The van der Waals surface area contributed by atoms with Gasteiger partial charge < -0.3 is 14.2 Å². The summed E-state index contributed by atoms with van der Waals surface area (Å²) in [6, 6.07) is 0.139. The second-order valence-electron chi connectivity index (χ2n) is 6.65. The van der Waals surface area contributed by atoms with E-state index in [1.54, 1.807) is 4.90 Å². The predicted octanol–water partition coefficient (Wildman–Crippen LogP) is 2.77. The fourth-order valence-corrected chi connectivity index (χ4v) is 2.80. The average Bonchev–Trinajstić information content (AvgIpc) is 2.22. The number of amides is 2. The zero-order valence-corrected chi connectivity index (χ0v) is 13.7. The average molecular weight is 272 g/mol. The molecule has 0 saturated carbocycles. The van der Waals surface area contributed by atoms with Crippen LogP contribution >= 0.6 is 0 Å². The van der Waals surface area contributed by atoms with Crippen LogP contribution in [0, 0.1) is 0 Å². The van der Waals surface area contributed by atoms with Gasteiger partial charge in [0.2, 0.25) is 0 Å². The van der Waals surface area contributed by atoms with Crippen molar-refractivity contribution in [2.24, 2.45) is 0 Å². The molecule has 1 fully saturated rings. The zero-order chi connectivity index (χ0) is 14.0. The SMILES string of the molecule is CN1CCCN(CCO[Si](C)(C)C(C)(C)C)C1=O. The molecule has 1 saturated heterocycles.